The Morgan fingerprint density at radius 2 is 1.91 bits per heavy atom. The molecule has 170 valence electrons. The van der Waals surface area contributed by atoms with E-state index < -0.39 is 0 Å². The van der Waals surface area contributed by atoms with Gasteiger partial charge in [0.15, 0.2) is 5.96 Å². The Labute approximate surface area is 210 Å². The lowest BCUT2D eigenvalue weighted by Gasteiger charge is -2.11. The second-order valence-electron chi connectivity index (χ2n) is 7.21. The van der Waals surface area contributed by atoms with Crippen molar-refractivity contribution in [3.63, 3.8) is 0 Å². The number of anilines is 1. The number of aryl methyl sites for hydroxylation is 3. The van der Waals surface area contributed by atoms with Crippen LogP contribution in [0.5, 0.6) is 0 Å². The molecular weight excluding hydrogens is 535 g/mol. The summed E-state index contributed by atoms with van der Waals surface area (Å²) < 4.78 is 1.64. The zero-order valence-corrected chi connectivity index (χ0v) is 21.7. The third kappa shape index (κ3) is 6.67. The minimum Gasteiger partial charge on any atom is -0.382 e. The Balaban J connectivity index is 0.00000363. The Kier molecular flexibility index (Phi) is 9.93. The normalized spacial score (nSPS) is 11.0. The van der Waals surface area contributed by atoms with Crippen molar-refractivity contribution in [2.24, 2.45) is 4.99 Å². The van der Waals surface area contributed by atoms with Gasteiger partial charge in [-0.15, -0.1) is 35.3 Å². The molecule has 10 heteroatoms. The highest BCUT2D eigenvalue weighted by Gasteiger charge is 2.16. The molecular formula is C22H29IN8S. The van der Waals surface area contributed by atoms with Crippen molar-refractivity contribution in [2.75, 3.05) is 25.9 Å². The Bertz CT molecular complexity index is 1080. The van der Waals surface area contributed by atoms with Crippen molar-refractivity contribution < 1.29 is 0 Å². The van der Waals surface area contributed by atoms with Gasteiger partial charge in [-0.25, -0.2) is 9.67 Å². The number of hydrogen-bond donors (Lipinski definition) is 3. The van der Waals surface area contributed by atoms with Gasteiger partial charge in [-0.2, -0.15) is 10.4 Å². The molecule has 0 bridgehead atoms. The average molecular weight is 565 g/mol. The van der Waals surface area contributed by atoms with Gasteiger partial charge in [-0.1, -0.05) is 17.7 Å². The zero-order chi connectivity index (χ0) is 22.2. The second kappa shape index (κ2) is 12.4. The number of nitrogens with zero attached hydrogens (tertiary/aromatic N) is 5. The SMILES string of the molecule is CN=C(NCCCc1nn(-c2ccc(C)cc2)c(N)c1C#N)NCCc1ncc(C)s1.I. The van der Waals surface area contributed by atoms with Crippen LogP contribution in [0.3, 0.4) is 0 Å². The number of nitriles is 1. The first-order valence-corrected chi connectivity index (χ1v) is 11.0. The second-order valence-corrected chi connectivity index (χ2v) is 8.53. The number of halogens is 1. The first-order valence-electron chi connectivity index (χ1n) is 10.2. The molecule has 0 atom stereocenters. The molecule has 32 heavy (non-hydrogen) atoms. The molecule has 0 fully saturated rings. The first-order chi connectivity index (χ1) is 15.0. The lowest BCUT2D eigenvalue weighted by atomic mass is 10.1. The zero-order valence-electron chi connectivity index (χ0n) is 18.6. The Morgan fingerprint density at radius 1 is 1.19 bits per heavy atom. The molecule has 1 aromatic carbocycles. The van der Waals surface area contributed by atoms with E-state index in [-0.39, 0.29) is 24.0 Å². The molecule has 2 heterocycles. The van der Waals surface area contributed by atoms with Gasteiger partial charge in [0.05, 0.1) is 16.4 Å². The number of nitrogen functional groups attached to an aromatic ring is 1. The molecule has 0 aliphatic carbocycles. The molecule has 0 saturated heterocycles. The van der Waals surface area contributed by atoms with E-state index in [1.54, 1.807) is 23.1 Å². The lowest BCUT2D eigenvalue weighted by Crippen LogP contribution is -2.38. The summed E-state index contributed by atoms with van der Waals surface area (Å²) in [6.45, 7) is 5.56. The van der Waals surface area contributed by atoms with Crippen LogP contribution in [0.2, 0.25) is 0 Å². The van der Waals surface area contributed by atoms with Gasteiger partial charge in [0.1, 0.15) is 17.5 Å². The summed E-state index contributed by atoms with van der Waals surface area (Å²) in [6, 6.07) is 10.1. The number of benzene rings is 1. The van der Waals surface area contributed by atoms with Crippen molar-refractivity contribution in [3.8, 4) is 11.8 Å². The molecule has 0 aliphatic heterocycles. The molecule has 2 aromatic heterocycles. The molecule has 0 spiro atoms. The van der Waals surface area contributed by atoms with Crippen molar-refractivity contribution in [2.45, 2.75) is 33.1 Å². The molecule has 0 radical (unpaired) electrons. The van der Waals surface area contributed by atoms with Gasteiger partial charge < -0.3 is 16.4 Å². The van der Waals surface area contributed by atoms with Crippen LogP contribution in [0.15, 0.2) is 35.5 Å². The van der Waals surface area contributed by atoms with Crippen molar-refractivity contribution >= 4 is 47.1 Å². The molecule has 0 unspecified atom stereocenters. The number of thiazole rings is 1. The first kappa shape index (κ1) is 25.6. The van der Waals surface area contributed by atoms with Gasteiger partial charge >= 0.3 is 0 Å². The van der Waals surface area contributed by atoms with E-state index in [0.717, 1.165) is 41.6 Å². The predicted molar refractivity (Wildman–Crippen MR) is 141 cm³/mol. The van der Waals surface area contributed by atoms with Gasteiger partial charge in [-0.05, 0) is 38.8 Å². The van der Waals surface area contributed by atoms with Gasteiger partial charge in [0.25, 0.3) is 0 Å². The van der Waals surface area contributed by atoms with E-state index in [9.17, 15) is 5.26 Å². The van der Waals surface area contributed by atoms with Crippen LogP contribution >= 0.6 is 35.3 Å². The number of rotatable bonds is 8. The fraction of sp³-hybridized carbons (Fsp3) is 0.364. The molecule has 4 N–H and O–H groups in total. The minimum absolute atomic E-state index is 0. The summed E-state index contributed by atoms with van der Waals surface area (Å²) in [7, 11) is 1.75. The molecule has 0 saturated carbocycles. The van der Waals surface area contributed by atoms with Crippen LogP contribution in [-0.2, 0) is 12.8 Å². The van der Waals surface area contributed by atoms with E-state index in [0.29, 0.717) is 30.0 Å². The van der Waals surface area contributed by atoms with E-state index in [1.807, 2.05) is 37.4 Å². The van der Waals surface area contributed by atoms with Gasteiger partial charge in [-0.3, -0.25) is 4.99 Å². The lowest BCUT2D eigenvalue weighted by molar-refractivity contribution is 0.720. The van der Waals surface area contributed by atoms with Crippen LogP contribution < -0.4 is 16.4 Å². The van der Waals surface area contributed by atoms with Crippen molar-refractivity contribution in [1.29, 1.82) is 5.26 Å². The van der Waals surface area contributed by atoms with Crippen molar-refractivity contribution in [3.05, 3.63) is 57.2 Å². The highest BCUT2D eigenvalue weighted by molar-refractivity contribution is 14.0. The van der Waals surface area contributed by atoms with Crippen molar-refractivity contribution in [1.82, 2.24) is 25.4 Å². The number of guanidine groups is 1. The van der Waals surface area contributed by atoms with Crippen LogP contribution in [0.4, 0.5) is 5.82 Å². The average Bonchev–Trinajstić information content (AvgIpc) is 3.32. The summed E-state index contributed by atoms with van der Waals surface area (Å²) >= 11 is 1.71. The van der Waals surface area contributed by atoms with Crippen LogP contribution in [0.1, 0.15) is 33.1 Å². The fourth-order valence-corrected chi connectivity index (χ4v) is 3.93. The largest absolute Gasteiger partial charge is 0.382 e. The molecule has 3 rings (SSSR count). The summed E-state index contributed by atoms with van der Waals surface area (Å²) in [5.74, 6) is 1.13. The summed E-state index contributed by atoms with van der Waals surface area (Å²) in [4.78, 5) is 9.85. The third-order valence-corrected chi connectivity index (χ3v) is 5.76. The Morgan fingerprint density at radius 3 is 2.53 bits per heavy atom. The van der Waals surface area contributed by atoms with Gasteiger partial charge in [0.2, 0.25) is 0 Å². The number of aliphatic imine (C=N–C) groups is 1. The highest BCUT2D eigenvalue weighted by Crippen LogP contribution is 2.21. The topological polar surface area (TPSA) is 117 Å². The number of aromatic nitrogens is 3. The highest BCUT2D eigenvalue weighted by atomic mass is 127. The summed E-state index contributed by atoms with van der Waals surface area (Å²) in [5, 5.41) is 21.9. The maximum Gasteiger partial charge on any atom is 0.190 e. The fourth-order valence-electron chi connectivity index (χ4n) is 3.15. The summed E-state index contributed by atoms with van der Waals surface area (Å²) in [5.41, 5.74) is 9.36. The van der Waals surface area contributed by atoms with Crippen LogP contribution in [0, 0.1) is 25.2 Å². The minimum atomic E-state index is 0. The summed E-state index contributed by atoms with van der Waals surface area (Å²) in [6.07, 6.45) is 4.20. The maximum absolute atomic E-state index is 9.55. The maximum atomic E-state index is 9.55. The van der Waals surface area contributed by atoms with Crippen LogP contribution in [0.25, 0.3) is 5.69 Å². The van der Waals surface area contributed by atoms with E-state index >= 15 is 0 Å². The Hall–Kier alpha value is -2.65. The quantitative estimate of drug-likeness (QED) is 0.167. The monoisotopic (exact) mass is 564 g/mol. The molecule has 0 amide bonds. The molecule has 8 nitrogen and oxygen atoms in total. The van der Waals surface area contributed by atoms with E-state index in [1.165, 1.54) is 4.88 Å². The third-order valence-electron chi connectivity index (χ3n) is 4.79. The van der Waals surface area contributed by atoms with Crippen LogP contribution in [-0.4, -0.2) is 40.9 Å². The standard InChI is InChI=1S/C22H28N8S.HI/c1-15-6-8-17(9-7-15)30-21(24)18(13-23)19(29-30)5-4-11-26-22(25-3)27-12-10-20-28-14-16(2)31-20;/h6-9,14H,4-5,10-12,24H2,1-3H3,(H2,25,26,27);1H. The van der Waals surface area contributed by atoms with E-state index in [4.69, 9.17) is 5.73 Å². The van der Waals surface area contributed by atoms with E-state index in [2.05, 4.69) is 38.7 Å². The van der Waals surface area contributed by atoms with Gasteiger partial charge in [0, 0.05) is 37.6 Å². The number of nitrogens with one attached hydrogen (secondary N) is 2. The number of nitrogens with two attached hydrogens (primary N) is 1. The molecule has 3 aromatic rings. The predicted octanol–water partition coefficient (Wildman–Crippen LogP) is 3.36. The smallest absolute Gasteiger partial charge is 0.190 e. The number of hydrogen-bond acceptors (Lipinski definition) is 6. The molecule has 0 aliphatic rings.